The summed E-state index contributed by atoms with van der Waals surface area (Å²) in [6.07, 6.45) is 0. The maximum absolute atomic E-state index is 12.7. The fraction of sp³-hybridized carbons (Fsp3) is 0.500. The van der Waals surface area contributed by atoms with Crippen molar-refractivity contribution in [1.82, 2.24) is 9.97 Å². The minimum absolute atomic E-state index is 0.403. The van der Waals surface area contributed by atoms with Crippen LogP contribution >= 0.6 is 0 Å². The van der Waals surface area contributed by atoms with Gasteiger partial charge in [0.15, 0.2) is 5.82 Å². The minimum Gasteiger partial charge on any atom is -0.232 e. The molecule has 4 heteroatoms. The highest BCUT2D eigenvalue weighted by Gasteiger charge is 2.28. The number of nitrogens with zero attached hydrogens (tertiary/aromatic N) is 2. The monoisotopic (exact) mass is 172 g/mol. The molecule has 1 heterocycles. The molecule has 0 spiro atoms. The van der Waals surface area contributed by atoms with E-state index in [2.05, 4.69) is 9.97 Å². The zero-order valence-corrected chi connectivity index (χ0v) is 7.23. The van der Waals surface area contributed by atoms with Crippen LogP contribution in [-0.4, -0.2) is 9.97 Å². The van der Waals surface area contributed by atoms with Crippen molar-refractivity contribution >= 4 is 0 Å². The highest BCUT2D eigenvalue weighted by atomic mass is 19.3. The van der Waals surface area contributed by atoms with Gasteiger partial charge in [-0.25, -0.2) is 9.97 Å². The van der Waals surface area contributed by atoms with E-state index in [9.17, 15) is 8.78 Å². The molecule has 0 bridgehead atoms. The van der Waals surface area contributed by atoms with Crippen molar-refractivity contribution in [1.29, 1.82) is 0 Å². The van der Waals surface area contributed by atoms with Crippen LogP contribution in [0.3, 0.4) is 0 Å². The lowest BCUT2D eigenvalue weighted by molar-refractivity contribution is 0.00733. The number of rotatable bonds is 1. The summed E-state index contributed by atoms with van der Waals surface area (Å²) < 4.78 is 25.4. The quantitative estimate of drug-likeness (QED) is 0.649. The molecule has 12 heavy (non-hydrogen) atoms. The third-order valence-electron chi connectivity index (χ3n) is 1.37. The molecule has 0 N–H and O–H groups in total. The molecular weight excluding hydrogens is 162 g/mol. The first-order chi connectivity index (χ1) is 5.39. The van der Waals surface area contributed by atoms with Crippen LogP contribution in [0.4, 0.5) is 8.78 Å². The molecule has 2 nitrogen and oxygen atoms in total. The van der Waals surface area contributed by atoms with Gasteiger partial charge in [-0.05, 0) is 19.9 Å². The largest absolute Gasteiger partial charge is 0.303 e. The highest BCUT2D eigenvalue weighted by molar-refractivity contribution is 5.10. The Morgan fingerprint density at radius 3 is 1.92 bits per heavy atom. The summed E-state index contributed by atoms with van der Waals surface area (Å²) in [5.74, 6) is -3.35. The van der Waals surface area contributed by atoms with Crippen LogP contribution in [0.1, 0.15) is 24.1 Å². The fourth-order valence-corrected chi connectivity index (χ4v) is 0.922. The van der Waals surface area contributed by atoms with Gasteiger partial charge in [-0.3, -0.25) is 0 Å². The molecule has 0 aliphatic carbocycles. The van der Waals surface area contributed by atoms with E-state index in [1.165, 1.54) is 0 Å². The molecule has 1 aromatic heterocycles. The number of hydrogen-bond acceptors (Lipinski definition) is 2. The van der Waals surface area contributed by atoms with Gasteiger partial charge >= 0.3 is 5.92 Å². The molecule has 0 saturated heterocycles. The van der Waals surface area contributed by atoms with Crippen molar-refractivity contribution in [2.45, 2.75) is 26.7 Å². The van der Waals surface area contributed by atoms with Gasteiger partial charge in [-0.15, -0.1) is 0 Å². The van der Waals surface area contributed by atoms with Crippen molar-refractivity contribution in [3.63, 3.8) is 0 Å². The minimum atomic E-state index is -2.95. The number of halogens is 2. The van der Waals surface area contributed by atoms with Crippen LogP contribution in [0.25, 0.3) is 0 Å². The molecule has 0 atom stereocenters. The fourth-order valence-electron chi connectivity index (χ4n) is 0.922. The van der Waals surface area contributed by atoms with Gasteiger partial charge in [0.1, 0.15) is 0 Å². The van der Waals surface area contributed by atoms with Gasteiger partial charge in [0.2, 0.25) is 0 Å². The number of aromatic nitrogens is 2. The summed E-state index contributed by atoms with van der Waals surface area (Å²) >= 11 is 0. The van der Waals surface area contributed by atoms with E-state index in [0.29, 0.717) is 11.4 Å². The lowest BCUT2D eigenvalue weighted by Gasteiger charge is -2.09. The van der Waals surface area contributed by atoms with Gasteiger partial charge in [-0.2, -0.15) is 8.78 Å². The lowest BCUT2D eigenvalue weighted by Crippen LogP contribution is -2.13. The van der Waals surface area contributed by atoms with Crippen molar-refractivity contribution in [2.24, 2.45) is 0 Å². The Hall–Kier alpha value is -1.06. The van der Waals surface area contributed by atoms with Crippen molar-refractivity contribution in [3.8, 4) is 0 Å². The Morgan fingerprint density at radius 2 is 1.58 bits per heavy atom. The maximum atomic E-state index is 12.7. The standard InChI is InChI=1S/C8H10F2N2/c1-5-4-6(2)12-7(11-5)8(3,9)10/h4H,1-3H3. The molecule has 1 aromatic rings. The average Bonchev–Trinajstić information content (AvgIpc) is 1.82. The third kappa shape index (κ3) is 1.96. The number of hydrogen-bond donors (Lipinski definition) is 0. The van der Waals surface area contributed by atoms with Gasteiger partial charge in [0, 0.05) is 18.3 Å². The van der Waals surface area contributed by atoms with Gasteiger partial charge < -0.3 is 0 Å². The molecule has 0 fully saturated rings. The Bertz CT molecular complexity index is 271. The normalized spacial score (nSPS) is 11.8. The van der Waals surface area contributed by atoms with Crippen LogP contribution in [0.2, 0.25) is 0 Å². The topological polar surface area (TPSA) is 25.8 Å². The first kappa shape index (κ1) is 9.03. The van der Waals surface area contributed by atoms with Crippen LogP contribution in [0.5, 0.6) is 0 Å². The summed E-state index contributed by atoms with van der Waals surface area (Å²) in [7, 11) is 0. The third-order valence-corrected chi connectivity index (χ3v) is 1.37. The molecule has 0 aliphatic heterocycles. The molecule has 66 valence electrons. The Kier molecular flexibility index (Phi) is 2.08. The summed E-state index contributed by atoms with van der Waals surface area (Å²) in [6.45, 7) is 4.13. The van der Waals surface area contributed by atoms with Crippen LogP contribution in [0.15, 0.2) is 6.07 Å². The first-order valence-corrected chi connectivity index (χ1v) is 3.60. The Balaban J connectivity index is 3.18. The summed E-state index contributed by atoms with van der Waals surface area (Å²) in [6, 6.07) is 1.66. The SMILES string of the molecule is Cc1cc(C)nc(C(C)(F)F)n1. The van der Waals surface area contributed by atoms with E-state index in [-0.39, 0.29) is 0 Å². The molecule has 0 aromatic carbocycles. The van der Waals surface area contributed by atoms with Crippen molar-refractivity contribution in [2.75, 3.05) is 0 Å². The summed E-state index contributed by atoms with van der Waals surface area (Å²) in [5.41, 5.74) is 1.14. The zero-order valence-electron chi connectivity index (χ0n) is 7.23. The molecule has 0 aliphatic rings. The van der Waals surface area contributed by atoms with Gasteiger partial charge in [0.05, 0.1) is 0 Å². The maximum Gasteiger partial charge on any atom is 0.303 e. The van der Waals surface area contributed by atoms with E-state index in [1.54, 1.807) is 19.9 Å². The molecule has 1 rings (SSSR count). The van der Waals surface area contributed by atoms with Gasteiger partial charge in [-0.1, -0.05) is 0 Å². The van der Waals surface area contributed by atoms with Crippen molar-refractivity contribution < 1.29 is 8.78 Å². The number of aryl methyl sites for hydroxylation is 2. The van der Waals surface area contributed by atoms with E-state index in [0.717, 1.165) is 6.92 Å². The molecular formula is C8H10F2N2. The summed E-state index contributed by atoms with van der Waals surface area (Å²) in [5, 5.41) is 0. The van der Waals surface area contributed by atoms with Crippen LogP contribution in [0, 0.1) is 13.8 Å². The first-order valence-electron chi connectivity index (χ1n) is 3.60. The Morgan fingerprint density at radius 1 is 1.17 bits per heavy atom. The zero-order chi connectivity index (χ0) is 9.35. The van der Waals surface area contributed by atoms with Crippen LogP contribution < -0.4 is 0 Å². The smallest absolute Gasteiger partial charge is 0.232 e. The van der Waals surface area contributed by atoms with E-state index < -0.39 is 11.7 Å². The van der Waals surface area contributed by atoms with Crippen molar-refractivity contribution in [3.05, 3.63) is 23.3 Å². The predicted octanol–water partition coefficient (Wildman–Crippen LogP) is 2.21. The highest BCUT2D eigenvalue weighted by Crippen LogP contribution is 2.23. The Labute approximate surface area is 69.7 Å². The molecule has 0 radical (unpaired) electrons. The van der Waals surface area contributed by atoms with E-state index >= 15 is 0 Å². The molecule has 0 unspecified atom stereocenters. The molecule has 0 saturated carbocycles. The van der Waals surface area contributed by atoms with Gasteiger partial charge in [0.25, 0.3) is 0 Å². The lowest BCUT2D eigenvalue weighted by atomic mass is 10.3. The second kappa shape index (κ2) is 2.77. The molecule has 0 amide bonds. The van der Waals surface area contributed by atoms with E-state index in [4.69, 9.17) is 0 Å². The predicted molar refractivity (Wildman–Crippen MR) is 41.1 cm³/mol. The second-order valence-electron chi connectivity index (χ2n) is 2.86. The second-order valence-corrected chi connectivity index (χ2v) is 2.86. The number of alkyl halides is 2. The van der Waals surface area contributed by atoms with E-state index in [1.807, 2.05) is 0 Å². The summed E-state index contributed by atoms with van der Waals surface area (Å²) in [4.78, 5) is 7.29. The average molecular weight is 172 g/mol. The van der Waals surface area contributed by atoms with Crippen LogP contribution in [-0.2, 0) is 5.92 Å².